The van der Waals surface area contributed by atoms with Gasteiger partial charge in [-0.25, -0.2) is 9.59 Å². The number of nitrogens with zero attached hydrogens (tertiary/aromatic N) is 1. The monoisotopic (exact) mass is 510 g/mol. The molecule has 1 fully saturated rings. The van der Waals surface area contributed by atoms with Gasteiger partial charge in [-0.1, -0.05) is 31.9 Å². The Labute approximate surface area is 218 Å². The fourth-order valence-corrected chi connectivity index (χ4v) is 6.31. The molecule has 0 saturated heterocycles. The van der Waals surface area contributed by atoms with Crippen LogP contribution in [0.3, 0.4) is 0 Å². The van der Waals surface area contributed by atoms with E-state index in [2.05, 4.69) is 30.3 Å². The van der Waals surface area contributed by atoms with Crippen molar-refractivity contribution in [1.29, 1.82) is 0 Å². The molecule has 1 aromatic carbocycles. The van der Waals surface area contributed by atoms with E-state index < -0.39 is 17.7 Å². The van der Waals surface area contributed by atoms with Crippen molar-refractivity contribution in [2.45, 2.75) is 65.4 Å². The number of likely N-dealkylation sites (N-methyl/N-ethyl adjacent to an activating group) is 1. The van der Waals surface area contributed by atoms with Gasteiger partial charge in [-0.15, -0.1) is 11.3 Å². The molecule has 1 amide bonds. The Morgan fingerprint density at radius 2 is 1.78 bits per heavy atom. The maximum atomic E-state index is 12.3. The standard InChI is InChI=1S/C29H38N2O4S/c1-18-6-8-19(9-7-18)24-17-31(5)15-14-22(24)23-16-25(36-26(23)27(32)33)20-10-12-21(13-11-20)30-28(34)35-29(2,3)4/h10-13,16,18-19H,6-9,14-15,17H2,1-5H3,(H,30,34)(H,32,33). The Bertz CT molecular complexity index is 1140. The summed E-state index contributed by atoms with van der Waals surface area (Å²) in [4.78, 5) is 28.1. The molecule has 0 bridgehead atoms. The number of aromatic carboxylic acids is 1. The molecule has 0 unspecified atom stereocenters. The highest BCUT2D eigenvalue weighted by atomic mass is 32.1. The van der Waals surface area contributed by atoms with E-state index in [0.29, 0.717) is 16.5 Å². The summed E-state index contributed by atoms with van der Waals surface area (Å²) in [6.45, 7) is 9.67. The van der Waals surface area contributed by atoms with Gasteiger partial charge in [0.2, 0.25) is 0 Å². The predicted octanol–water partition coefficient (Wildman–Crippen LogP) is 7.38. The van der Waals surface area contributed by atoms with Crippen LogP contribution >= 0.6 is 11.3 Å². The van der Waals surface area contributed by atoms with E-state index >= 15 is 0 Å². The fraction of sp³-hybridized carbons (Fsp3) is 0.517. The van der Waals surface area contributed by atoms with Gasteiger partial charge in [0.25, 0.3) is 0 Å². The van der Waals surface area contributed by atoms with E-state index in [1.165, 1.54) is 48.2 Å². The number of nitrogens with one attached hydrogen (secondary N) is 1. The van der Waals surface area contributed by atoms with Gasteiger partial charge in [0.1, 0.15) is 10.5 Å². The van der Waals surface area contributed by atoms with Gasteiger partial charge < -0.3 is 14.7 Å². The van der Waals surface area contributed by atoms with Gasteiger partial charge in [-0.3, -0.25) is 5.32 Å². The lowest BCUT2D eigenvalue weighted by molar-refractivity contribution is 0.0634. The molecule has 4 rings (SSSR count). The van der Waals surface area contributed by atoms with E-state index in [-0.39, 0.29) is 0 Å². The zero-order valence-corrected chi connectivity index (χ0v) is 22.8. The lowest BCUT2D eigenvalue weighted by atomic mass is 9.75. The van der Waals surface area contributed by atoms with Crippen LogP contribution in [0.4, 0.5) is 10.5 Å². The quantitative estimate of drug-likeness (QED) is 0.439. The number of carboxylic acid groups (broad SMARTS) is 1. The minimum absolute atomic E-state index is 0.419. The average Bonchev–Trinajstić information content (AvgIpc) is 3.24. The van der Waals surface area contributed by atoms with Crippen LogP contribution in [0.15, 0.2) is 35.9 Å². The summed E-state index contributed by atoms with van der Waals surface area (Å²) in [7, 11) is 2.16. The van der Waals surface area contributed by atoms with Crippen LogP contribution in [0.25, 0.3) is 16.0 Å². The minimum Gasteiger partial charge on any atom is -0.477 e. The SMILES string of the molecule is CC1CCC(C2=C(c3cc(-c4ccc(NC(=O)OC(C)(C)C)cc4)sc3C(=O)O)CCN(C)C2)CC1. The summed E-state index contributed by atoms with van der Waals surface area (Å²) in [5.41, 5.74) is 4.58. The molecule has 7 heteroatoms. The van der Waals surface area contributed by atoms with E-state index in [1.807, 2.05) is 45.0 Å². The Morgan fingerprint density at radius 1 is 1.11 bits per heavy atom. The van der Waals surface area contributed by atoms with Crippen LogP contribution < -0.4 is 5.32 Å². The Kier molecular flexibility index (Phi) is 7.90. The van der Waals surface area contributed by atoms with Crippen LogP contribution in [-0.4, -0.2) is 47.8 Å². The number of carbonyl (C=O) groups is 2. The second-order valence-electron chi connectivity index (χ2n) is 11.3. The van der Waals surface area contributed by atoms with Crippen LogP contribution in [0.1, 0.15) is 75.0 Å². The number of carbonyl (C=O) groups excluding carboxylic acids is 1. The number of hydrogen-bond donors (Lipinski definition) is 2. The topological polar surface area (TPSA) is 78.9 Å². The summed E-state index contributed by atoms with van der Waals surface area (Å²) < 4.78 is 5.32. The molecule has 0 atom stereocenters. The number of rotatable bonds is 5. The summed E-state index contributed by atoms with van der Waals surface area (Å²) in [6.07, 6.45) is 5.26. The molecule has 1 aliphatic carbocycles. The number of hydrogen-bond acceptors (Lipinski definition) is 5. The van der Waals surface area contributed by atoms with Crippen molar-refractivity contribution < 1.29 is 19.4 Å². The summed E-state index contributed by atoms with van der Waals surface area (Å²) in [6, 6.07) is 9.54. The van der Waals surface area contributed by atoms with Gasteiger partial charge in [-0.05, 0) is 93.8 Å². The number of benzene rings is 1. The minimum atomic E-state index is -0.868. The van der Waals surface area contributed by atoms with Gasteiger partial charge in [0.15, 0.2) is 0 Å². The summed E-state index contributed by atoms with van der Waals surface area (Å²) >= 11 is 1.33. The van der Waals surface area contributed by atoms with Crippen molar-refractivity contribution in [1.82, 2.24) is 4.90 Å². The zero-order valence-electron chi connectivity index (χ0n) is 22.0. The third-order valence-electron chi connectivity index (χ3n) is 7.15. The second-order valence-corrected chi connectivity index (χ2v) is 12.4. The molecule has 1 aliphatic heterocycles. The van der Waals surface area contributed by atoms with Crippen LogP contribution in [0.2, 0.25) is 0 Å². The number of amides is 1. The predicted molar refractivity (Wildman–Crippen MR) is 147 cm³/mol. The van der Waals surface area contributed by atoms with Crippen molar-refractivity contribution in [2.24, 2.45) is 11.8 Å². The van der Waals surface area contributed by atoms with Crippen molar-refractivity contribution >= 4 is 34.7 Å². The van der Waals surface area contributed by atoms with Crippen LogP contribution in [0, 0.1) is 11.8 Å². The third-order valence-corrected chi connectivity index (χ3v) is 8.32. The molecule has 1 saturated carbocycles. The Balaban J connectivity index is 1.63. The molecule has 6 nitrogen and oxygen atoms in total. The molecular weight excluding hydrogens is 472 g/mol. The lowest BCUT2D eigenvalue weighted by Gasteiger charge is -2.35. The molecule has 0 radical (unpaired) electrons. The number of ether oxygens (including phenoxy) is 1. The number of anilines is 1. The average molecular weight is 511 g/mol. The highest BCUT2D eigenvalue weighted by Crippen LogP contribution is 2.43. The highest BCUT2D eigenvalue weighted by Gasteiger charge is 2.30. The van der Waals surface area contributed by atoms with Gasteiger partial charge in [0, 0.05) is 29.2 Å². The maximum Gasteiger partial charge on any atom is 0.412 e. The van der Waals surface area contributed by atoms with Gasteiger partial charge in [-0.2, -0.15) is 0 Å². The molecule has 36 heavy (non-hydrogen) atoms. The molecule has 194 valence electrons. The normalized spacial score (nSPS) is 21.4. The van der Waals surface area contributed by atoms with E-state index in [0.717, 1.165) is 41.4 Å². The van der Waals surface area contributed by atoms with Crippen molar-refractivity contribution in [3.63, 3.8) is 0 Å². The molecule has 2 N–H and O–H groups in total. The lowest BCUT2D eigenvalue weighted by Crippen LogP contribution is -2.31. The van der Waals surface area contributed by atoms with Crippen molar-refractivity contribution in [2.75, 3.05) is 25.5 Å². The number of carboxylic acids is 1. The first kappa shape index (κ1) is 26.4. The maximum absolute atomic E-state index is 12.3. The molecule has 2 heterocycles. The molecule has 1 aromatic heterocycles. The van der Waals surface area contributed by atoms with Crippen molar-refractivity contribution in [3.8, 4) is 10.4 Å². The third kappa shape index (κ3) is 6.37. The highest BCUT2D eigenvalue weighted by molar-refractivity contribution is 7.17. The first-order valence-corrected chi connectivity index (χ1v) is 13.7. The van der Waals surface area contributed by atoms with Crippen LogP contribution in [-0.2, 0) is 4.74 Å². The van der Waals surface area contributed by atoms with Gasteiger partial charge >= 0.3 is 12.1 Å². The Hall–Kier alpha value is -2.64. The smallest absolute Gasteiger partial charge is 0.412 e. The molecule has 0 spiro atoms. The fourth-order valence-electron chi connectivity index (χ4n) is 5.28. The van der Waals surface area contributed by atoms with E-state index in [4.69, 9.17) is 4.74 Å². The van der Waals surface area contributed by atoms with Crippen LogP contribution in [0.5, 0.6) is 0 Å². The molecule has 2 aliphatic rings. The summed E-state index contributed by atoms with van der Waals surface area (Å²) in [5, 5.41) is 12.8. The zero-order chi connectivity index (χ0) is 26.0. The molecular formula is C29H38N2O4S. The second kappa shape index (κ2) is 10.8. The first-order chi connectivity index (χ1) is 17.0. The Morgan fingerprint density at radius 3 is 2.39 bits per heavy atom. The van der Waals surface area contributed by atoms with E-state index in [1.54, 1.807) is 0 Å². The van der Waals surface area contributed by atoms with Gasteiger partial charge in [0.05, 0.1) is 0 Å². The first-order valence-electron chi connectivity index (χ1n) is 12.9. The van der Waals surface area contributed by atoms with Crippen molar-refractivity contribution in [3.05, 3.63) is 46.3 Å². The largest absolute Gasteiger partial charge is 0.477 e. The molecule has 2 aromatic rings. The number of thiophene rings is 1. The summed E-state index contributed by atoms with van der Waals surface area (Å²) in [5.74, 6) is 0.455. The van der Waals surface area contributed by atoms with E-state index in [9.17, 15) is 14.7 Å².